The molecule has 1 fully saturated rings. The van der Waals surface area contributed by atoms with Crippen molar-refractivity contribution in [1.82, 2.24) is 4.90 Å². The highest BCUT2D eigenvalue weighted by Crippen LogP contribution is 2.27. The SMILES string of the molecule is COC(CN(C(=O)c1ccc(F)cc1)C1CC(=O)N(c2ccc(F)cc2)C1=O)OC. The Labute approximate surface area is 171 Å². The molecule has 9 heteroatoms. The lowest BCUT2D eigenvalue weighted by Gasteiger charge is -2.30. The maximum Gasteiger partial charge on any atom is 0.257 e. The molecule has 3 rings (SSSR count). The maximum atomic E-state index is 13.3. The molecule has 1 unspecified atom stereocenters. The largest absolute Gasteiger partial charge is 0.354 e. The van der Waals surface area contributed by atoms with Gasteiger partial charge in [-0.05, 0) is 48.5 Å². The lowest BCUT2D eigenvalue weighted by atomic mass is 10.1. The van der Waals surface area contributed by atoms with E-state index in [1.165, 1.54) is 43.4 Å². The molecule has 0 N–H and O–H groups in total. The van der Waals surface area contributed by atoms with Gasteiger partial charge in [-0.1, -0.05) is 0 Å². The molecule has 30 heavy (non-hydrogen) atoms. The van der Waals surface area contributed by atoms with E-state index in [0.29, 0.717) is 0 Å². The highest BCUT2D eigenvalue weighted by molar-refractivity contribution is 6.23. The lowest BCUT2D eigenvalue weighted by Crippen LogP contribution is -2.49. The molecule has 158 valence electrons. The van der Waals surface area contributed by atoms with Crippen molar-refractivity contribution in [2.75, 3.05) is 25.7 Å². The number of rotatable bonds is 7. The molecule has 3 amide bonds. The van der Waals surface area contributed by atoms with Gasteiger partial charge in [-0.25, -0.2) is 13.7 Å². The zero-order valence-electron chi connectivity index (χ0n) is 16.4. The second-order valence-corrected chi connectivity index (χ2v) is 6.63. The Balaban J connectivity index is 1.93. The van der Waals surface area contributed by atoms with E-state index in [-0.39, 0.29) is 24.2 Å². The molecule has 0 bridgehead atoms. The van der Waals surface area contributed by atoms with Crippen molar-refractivity contribution in [2.45, 2.75) is 18.8 Å². The number of hydrogen-bond acceptors (Lipinski definition) is 5. The van der Waals surface area contributed by atoms with E-state index < -0.39 is 41.7 Å². The maximum absolute atomic E-state index is 13.3. The van der Waals surface area contributed by atoms with Gasteiger partial charge in [0.2, 0.25) is 5.91 Å². The van der Waals surface area contributed by atoms with Crippen LogP contribution in [-0.2, 0) is 19.1 Å². The predicted octanol–water partition coefficient (Wildman–Crippen LogP) is 2.36. The van der Waals surface area contributed by atoms with Crippen LogP contribution >= 0.6 is 0 Å². The van der Waals surface area contributed by atoms with E-state index in [1.54, 1.807) is 0 Å². The van der Waals surface area contributed by atoms with Crippen LogP contribution in [0.2, 0.25) is 0 Å². The summed E-state index contributed by atoms with van der Waals surface area (Å²) in [4.78, 5) is 40.8. The summed E-state index contributed by atoms with van der Waals surface area (Å²) in [5, 5.41) is 0. The Kier molecular flexibility index (Phi) is 6.53. The Hall–Kier alpha value is -3.17. The topological polar surface area (TPSA) is 76.2 Å². The molecule has 0 radical (unpaired) electrons. The number of hydrogen-bond donors (Lipinski definition) is 0. The second-order valence-electron chi connectivity index (χ2n) is 6.63. The summed E-state index contributed by atoms with van der Waals surface area (Å²) in [5.74, 6) is -2.76. The van der Waals surface area contributed by atoms with Crippen molar-refractivity contribution in [3.63, 3.8) is 0 Å². The Morgan fingerprint density at radius 1 is 1.03 bits per heavy atom. The third kappa shape index (κ3) is 4.37. The fourth-order valence-corrected chi connectivity index (χ4v) is 3.24. The minimum atomic E-state index is -1.12. The third-order valence-electron chi connectivity index (χ3n) is 4.81. The molecule has 2 aromatic rings. The first-order valence-electron chi connectivity index (χ1n) is 9.10. The van der Waals surface area contributed by atoms with Gasteiger partial charge in [-0.15, -0.1) is 0 Å². The highest BCUT2D eigenvalue weighted by atomic mass is 19.1. The minimum absolute atomic E-state index is 0.135. The highest BCUT2D eigenvalue weighted by Gasteiger charge is 2.45. The van der Waals surface area contributed by atoms with Gasteiger partial charge < -0.3 is 14.4 Å². The summed E-state index contributed by atoms with van der Waals surface area (Å²) in [6, 6.07) is 8.61. The van der Waals surface area contributed by atoms with Gasteiger partial charge >= 0.3 is 0 Å². The summed E-state index contributed by atoms with van der Waals surface area (Å²) in [6.45, 7) is -0.135. The summed E-state index contributed by atoms with van der Waals surface area (Å²) in [5.41, 5.74) is 0.348. The van der Waals surface area contributed by atoms with Crippen molar-refractivity contribution in [1.29, 1.82) is 0 Å². The van der Waals surface area contributed by atoms with E-state index in [0.717, 1.165) is 29.2 Å². The fraction of sp³-hybridized carbons (Fsp3) is 0.286. The van der Waals surface area contributed by atoms with Gasteiger partial charge in [0.25, 0.3) is 11.8 Å². The van der Waals surface area contributed by atoms with Crippen molar-refractivity contribution in [2.24, 2.45) is 0 Å². The number of amides is 3. The number of carbonyl (C=O) groups excluding carboxylic acids is 3. The molecule has 0 saturated carbocycles. The van der Waals surface area contributed by atoms with Gasteiger partial charge in [0.05, 0.1) is 18.7 Å². The van der Waals surface area contributed by atoms with Crippen molar-refractivity contribution < 1.29 is 32.6 Å². The summed E-state index contributed by atoms with van der Waals surface area (Å²) in [6.07, 6.45) is -1.11. The van der Waals surface area contributed by atoms with Crippen LogP contribution in [0.4, 0.5) is 14.5 Å². The first-order chi connectivity index (χ1) is 14.3. The molecule has 0 spiro atoms. The fourth-order valence-electron chi connectivity index (χ4n) is 3.24. The van der Waals surface area contributed by atoms with Crippen LogP contribution in [0.3, 0.4) is 0 Å². The standard InChI is InChI=1S/C21H20F2N2O5/c1-29-19(30-2)12-24(20(27)13-3-5-14(22)6-4-13)17-11-18(26)25(21(17)28)16-9-7-15(23)8-10-16/h3-10,17,19H,11-12H2,1-2H3. The molecule has 2 aromatic carbocycles. The number of carbonyl (C=O) groups is 3. The molecular weight excluding hydrogens is 398 g/mol. The van der Waals surface area contributed by atoms with Gasteiger partial charge in [0.1, 0.15) is 17.7 Å². The molecule has 7 nitrogen and oxygen atoms in total. The van der Waals surface area contributed by atoms with E-state index in [2.05, 4.69) is 0 Å². The Morgan fingerprint density at radius 2 is 1.57 bits per heavy atom. The van der Waals surface area contributed by atoms with Gasteiger partial charge in [-0.2, -0.15) is 0 Å². The number of anilines is 1. The van der Waals surface area contributed by atoms with Gasteiger partial charge in [-0.3, -0.25) is 14.4 Å². The average Bonchev–Trinajstić information content (AvgIpc) is 3.03. The lowest BCUT2D eigenvalue weighted by molar-refractivity contribution is -0.128. The zero-order chi connectivity index (χ0) is 21.8. The van der Waals surface area contributed by atoms with E-state index in [1.807, 2.05) is 0 Å². The number of imide groups is 1. The number of methoxy groups -OCH3 is 2. The molecule has 0 aromatic heterocycles. The van der Waals surface area contributed by atoms with Crippen molar-refractivity contribution in [3.05, 3.63) is 65.7 Å². The van der Waals surface area contributed by atoms with Crippen LogP contribution in [0.15, 0.2) is 48.5 Å². The summed E-state index contributed by atoms with van der Waals surface area (Å²) >= 11 is 0. The second kappa shape index (κ2) is 9.10. The summed E-state index contributed by atoms with van der Waals surface area (Å²) < 4.78 is 36.8. The Bertz CT molecular complexity index is 929. The van der Waals surface area contributed by atoms with Crippen LogP contribution in [0.25, 0.3) is 0 Å². The monoisotopic (exact) mass is 418 g/mol. The minimum Gasteiger partial charge on any atom is -0.354 e. The molecule has 1 aliphatic rings. The molecular formula is C21H20F2N2O5. The average molecular weight is 418 g/mol. The van der Waals surface area contributed by atoms with Gasteiger partial charge in [0.15, 0.2) is 6.29 Å². The van der Waals surface area contributed by atoms with E-state index in [4.69, 9.17) is 9.47 Å². The number of ether oxygens (including phenoxy) is 2. The predicted molar refractivity (Wildman–Crippen MR) is 103 cm³/mol. The first-order valence-corrected chi connectivity index (χ1v) is 9.10. The molecule has 1 atom stereocenters. The smallest absolute Gasteiger partial charge is 0.257 e. The number of benzene rings is 2. The van der Waals surface area contributed by atoms with Crippen LogP contribution in [0.5, 0.6) is 0 Å². The molecule has 1 saturated heterocycles. The quantitative estimate of drug-likeness (QED) is 0.510. The Morgan fingerprint density at radius 3 is 2.10 bits per heavy atom. The number of halogens is 2. The van der Waals surface area contributed by atoms with Gasteiger partial charge in [0, 0.05) is 19.8 Å². The number of nitrogens with zero attached hydrogens (tertiary/aromatic N) is 2. The molecule has 0 aliphatic carbocycles. The van der Waals surface area contributed by atoms with Crippen molar-refractivity contribution in [3.8, 4) is 0 Å². The van der Waals surface area contributed by atoms with E-state index in [9.17, 15) is 23.2 Å². The molecule has 1 heterocycles. The van der Waals surface area contributed by atoms with Crippen LogP contribution < -0.4 is 4.90 Å². The van der Waals surface area contributed by atoms with Crippen LogP contribution in [0, 0.1) is 11.6 Å². The normalized spacial score (nSPS) is 16.4. The molecule has 1 aliphatic heterocycles. The van der Waals surface area contributed by atoms with E-state index >= 15 is 0 Å². The van der Waals surface area contributed by atoms with Crippen molar-refractivity contribution >= 4 is 23.4 Å². The van der Waals surface area contributed by atoms with Crippen LogP contribution in [-0.4, -0.2) is 55.7 Å². The third-order valence-corrected chi connectivity index (χ3v) is 4.81. The first kappa shape index (κ1) is 21.5. The summed E-state index contributed by atoms with van der Waals surface area (Å²) in [7, 11) is 2.75. The van der Waals surface area contributed by atoms with Crippen LogP contribution in [0.1, 0.15) is 16.8 Å². The zero-order valence-corrected chi connectivity index (χ0v) is 16.4.